The van der Waals surface area contributed by atoms with Gasteiger partial charge in [0.25, 0.3) is 0 Å². The Labute approximate surface area is 112 Å². The molecule has 100 valence electrons. The largest absolute Gasteiger partial charge is 0.458 e. The number of benzene rings is 1. The Balaban J connectivity index is 2.07. The average Bonchev–Trinajstić information content (AvgIpc) is 2.85. The van der Waals surface area contributed by atoms with Crippen molar-refractivity contribution in [1.29, 1.82) is 0 Å². The molecule has 1 heterocycles. The summed E-state index contributed by atoms with van der Waals surface area (Å²) in [5, 5.41) is 9.12. The van der Waals surface area contributed by atoms with E-state index in [4.69, 9.17) is 9.84 Å². The van der Waals surface area contributed by atoms with E-state index in [1.807, 2.05) is 47.2 Å². The lowest BCUT2D eigenvalue weighted by atomic mass is 10.2. The third kappa shape index (κ3) is 3.69. The van der Waals surface area contributed by atoms with E-state index in [0.29, 0.717) is 12.2 Å². The Bertz CT molecular complexity index is 531. The molecule has 0 radical (unpaired) electrons. The average molecular weight is 259 g/mol. The maximum absolute atomic E-state index is 11.9. The molecule has 0 spiro atoms. The van der Waals surface area contributed by atoms with Gasteiger partial charge in [-0.25, -0.2) is 4.79 Å². The first-order valence-corrected chi connectivity index (χ1v) is 6.21. The first-order valence-electron chi connectivity index (χ1n) is 6.21. The van der Waals surface area contributed by atoms with Crippen molar-refractivity contribution in [3.8, 4) is 0 Å². The molecule has 1 unspecified atom stereocenters. The number of carbonyl (C=O) groups excluding carboxylic acids is 1. The number of hydrogen-bond donors (Lipinski definition) is 1. The first kappa shape index (κ1) is 13.4. The molecule has 1 aromatic carbocycles. The van der Waals surface area contributed by atoms with Crippen molar-refractivity contribution in [2.45, 2.75) is 19.6 Å². The zero-order valence-electron chi connectivity index (χ0n) is 10.8. The second-order valence-corrected chi connectivity index (χ2v) is 4.45. The number of aromatic nitrogens is 1. The first-order chi connectivity index (χ1) is 9.16. The van der Waals surface area contributed by atoms with E-state index in [9.17, 15) is 4.79 Å². The summed E-state index contributed by atoms with van der Waals surface area (Å²) in [6.45, 7) is 2.21. The van der Waals surface area contributed by atoms with Crippen molar-refractivity contribution in [1.82, 2.24) is 4.57 Å². The van der Waals surface area contributed by atoms with Crippen molar-refractivity contribution < 1.29 is 14.6 Å². The van der Waals surface area contributed by atoms with Gasteiger partial charge in [0.15, 0.2) is 0 Å². The van der Waals surface area contributed by atoms with Gasteiger partial charge in [0.1, 0.15) is 12.3 Å². The molecule has 1 atom stereocenters. The molecule has 4 heteroatoms. The van der Waals surface area contributed by atoms with Crippen LogP contribution in [0, 0.1) is 0 Å². The Kier molecular flexibility index (Phi) is 4.36. The highest BCUT2D eigenvalue weighted by atomic mass is 16.5. The number of nitrogens with zero attached hydrogens (tertiary/aromatic N) is 1. The fraction of sp³-hybridized carbons (Fsp3) is 0.267. The number of ether oxygens (including phenoxy) is 1. The van der Waals surface area contributed by atoms with Crippen LogP contribution < -0.4 is 0 Å². The number of hydrogen-bond acceptors (Lipinski definition) is 3. The third-order valence-electron chi connectivity index (χ3n) is 2.69. The van der Waals surface area contributed by atoms with E-state index in [1.54, 1.807) is 13.0 Å². The lowest BCUT2D eigenvalue weighted by molar-refractivity contribution is 0.0286. The number of aliphatic hydroxyl groups is 1. The van der Waals surface area contributed by atoms with Crippen LogP contribution in [-0.4, -0.2) is 28.4 Å². The van der Waals surface area contributed by atoms with Crippen LogP contribution in [0.25, 0.3) is 0 Å². The number of rotatable bonds is 5. The van der Waals surface area contributed by atoms with Crippen LogP contribution >= 0.6 is 0 Å². The molecule has 0 fully saturated rings. The normalized spacial score (nSPS) is 12.1. The fourth-order valence-electron chi connectivity index (χ4n) is 1.79. The molecule has 19 heavy (non-hydrogen) atoms. The summed E-state index contributed by atoms with van der Waals surface area (Å²) in [5.41, 5.74) is 1.60. The minimum Gasteiger partial charge on any atom is -0.458 e. The molecule has 0 bridgehead atoms. The van der Waals surface area contributed by atoms with E-state index in [1.165, 1.54) is 0 Å². The number of aliphatic hydroxyl groups excluding tert-OH is 1. The van der Waals surface area contributed by atoms with Gasteiger partial charge in [-0.1, -0.05) is 30.3 Å². The minimum absolute atomic E-state index is 0.00928. The Hall–Kier alpha value is -2.07. The molecule has 0 aliphatic rings. The molecule has 0 saturated heterocycles. The Morgan fingerprint density at radius 1 is 1.26 bits per heavy atom. The maximum Gasteiger partial charge on any atom is 0.355 e. The fourth-order valence-corrected chi connectivity index (χ4v) is 1.79. The molecule has 4 nitrogen and oxygen atoms in total. The topological polar surface area (TPSA) is 51.5 Å². The summed E-state index contributed by atoms with van der Waals surface area (Å²) in [6.07, 6.45) is 1.19. The summed E-state index contributed by atoms with van der Waals surface area (Å²) in [7, 11) is 0. The van der Waals surface area contributed by atoms with Gasteiger partial charge >= 0.3 is 5.97 Å². The van der Waals surface area contributed by atoms with Gasteiger partial charge in [0.2, 0.25) is 0 Å². The molecule has 0 aliphatic carbocycles. The van der Waals surface area contributed by atoms with Crippen LogP contribution in [0.15, 0.2) is 48.7 Å². The summed E-state index contributed by atoms with van der Waals surface area (Å²) in [4.78, 5) is 11.9. The van der Waals surface area contributed by atoms with Gasteiger partial charge in [-0.3, -0.25) is 0 Å². The van der Waals surface area contributed by atoms with E-state index in [2.05, 4.69) is 0 Å². The quantitative estimate of drug-likeness (QED) is 0.836. The van der Waals surface area contributed by atoms with Gasteiger partial charge in [-0.15, -0.1) is 0 Å². The van der Waals surface area contributed by atoms with Gasteiger partial charge < -0.3 is 14.4 Å². The van der Waals surface area contributed by atoms with Crippen molar-refractivity contribution >= 4 is 5.97 Å². The summed E-state index contributed by atoms with van der Waals surface area (Å²) in [6, 6.07) is 13.4. The van der Waals surface area contributed by atoms with Crippen molar-refractivity contribution in [3.63, 3.8) is 0 Å². The zero-order valence-corrected chi connectivity index (χ0v) is 10.8. The minimum atomic E-state index is -0.651. The highest BCUT2D eigenvalue weighted by molar-refractivity contribution is 5.87. The van der Waals surface area contributed by atoms with E-state index >= 15 is 0 Å². The predicted molar refractivity (Wildman–Crippen MR) is 71.9 cm³/mol. The molecular formula is C15H17NO3. The van der Waals surface area contributed by atoms with Crippen LogP contribution in [0.3, 0.4) is 0 Å². The predicted octanol–water partition coefficient (Wildman–Crippen LogP) is 2.07. The van der Waals surface area contributed by atoms with Crippen LogP contribution in [0.2, 0.25) is 0 Å². The van der Waals surface area contributed by atoms with E-state index < -0.39 is 12.1 Å². The second-order valence-electron chi connectivity index (χ2n) is 4.45. The third-order valence-corrected chi connectivity index (χ3v) is 2.69. The highest BCUT2D eigenvalue weighted by Gasteiger charge is 2.13. The SMILES string of the molecule is CC(O)COC(=O)c1cccn1Cc1ccccc1. The van der Waals surface area contributed by atoms with Gasteiger partial charge in [-0.2, -0.15) is 0 Å². The number of carbonyl (C=O) groups is 1. The second kappa shape index (κ2) is 6.20. The van der Waals surface area contributed by atoms with Crippen LogP contribution in [0.5, 0.6) is 0 Å². The van der Waals surface area contributed by atoms with Gasteiger partial charge in [0.05, 0.1) is 6.10 Å². The van der Waals surface area contributed by atoms with Crippen LogP contribution in [0.1, 0.15) is 23.0 Å². The molecular weight excluding hydrogens is 242 g/mol. The van der Waals surface area contributed by atoms with Crippen molar-refractivity contribution in [2.24, 2.45) is 0 Å². The lowest BCUT2D eigenvalue weighted by Gasteiger charge is -2.10. The van der Waals surface area contributed by atoms with Crippen molar-refractivity contribution in [2.75, 3.05) is 6.61 Å². The van der Waals surface area contributed by atoms with Crippen LogP contribution in [0.4, 0.5) is 0 Å². The summed E-state index contributed by atoms with van der Waals surface area (Å²) < 4.78 is 6.85. The summed E-state index contributed by atoms with van der Waals surface area (Å²) in [5.74, 6) is -0.415. The van der Waals surface area contributed by atoms with E-state index in [-0.39, 0.29) is 6.61 Å². The smallest absolute Gasteiger partial charge is 0.355 e. The monoisotopic (exact) mass is 259 g/mol. The molecule has 1 aromatic heterocycles. The molecule has 0 amide bonds. The Morgan fingerprint density at radius 2 is 2.00 bits per heavy atom. The molecule has 0 saturated carbocycles. The van der Waals surface area contributed by atoms with E-state index in [0.717, 1.165) is 5.56 Å². The molecule has 2 rings (SSSR count). The Morgan fingerprint density at radius 3 is 2.68 bits per heavy atom. The van der Waals surface area contributed by atoms with Crippen LogP contribution in [-0.2, 0) is 11.3 Å². The molecule has 0 aliphatic heterocycles. The highest BCUT2D eigenvalue weighted by Crippen LogP contribution is 2.09. The summed E-state index contributed by atoms with van der Waals surface area (Å²) >= 11 is 0. The van der Waals surface area contributed by atoms with Gasteiger partial charge in [-0.05, 0) is 24.6 Å². The van der Waals surface area contributed by atoms with Crippen molar-refractivity contribution in [3.05, 3.63) is 59.9 Å². The maximum atomic E-state index is 11.9. The van der Waals surface area contributed by atoms with Gasteiger partial charge in [0, 0.05) is 12.7 Å². The zero-order chi connectivity index (χ0) is 13.7. The molecule has 2 aromatic rings. The molecule has 1 N–H and O–H groups in total. The number of esters is 1. The standard InChI is InChI=1S/C15H17NO3/c1-12(17)11-19-15(18)14-8-5-9-16(14)10-13-6-3-2-4-7-13/h2-9,12,17H,10-11H2,1H3. The lowest BCUT2D eigenvalue weighted by Crippen LogP contribution is -2.18.